The molecule has 0 aliphatic carbocycles. The van der Waals surface area contributed by atoms with Crippen LogP contribution in [0.4, 0.5) is 0 Å². The van der Waals surface area contributed by atoms with Gasteiger partial charge in [-0.2, -0.15) is 0 Å². The van der Waals surface area contributed by atoms with Crippen LogP contribution in [0.1, 0.15) is 48.3 Å². The van der Waals surface area contributed by atoms with Crippen molar-refractivity contribution in [1.29, 1.82) is 0 Å². The molecule has 2 aromatic rings. The van der Waals surface area contributed by atoms with E-state index in [0.29, 0.717) is 30.3 Å². The maximum Gasteiger partial charge on any atom is 0.251 e. The van der Waals surface area contributed by atoms with Crippen LogP contribution in [0.15, 0.2) is 48.5 Å². The Balaban J connectivity index is 1.70. The highest BCUT2D eigenvalue weighted by Gasteiger charge is 2.23. The summed E-state index contributed by atoms with van der Waals surface area (Å²) in [6.45, 7) is 10.2. The molecule has 150 valence electrons. The summed E-state index contributed by atoms with van der Waals surface area (Å²) in [4.78, 5) is 15.1. The minimum atomic E-state index is -0.0484. The first-order valence-corrected chi connectivity index (χ1v) is 10.2. The molecular formula is C23H29ClN2O2. The highest BCUT2D eigenvalue weighted by molar-refractivity contribution is 6.30. The smallest absolute Gasteiger partial charge is 0.251 e. The fraction of sp³-hybridized carbons (Fsp3) is 0.435. The highest BCUT2D eigenvalue weighted by atomic mass is 35.5. The van der Waals surface area contributed by atoms with Gasteiger partial charge in [-0.1, -0.05) is 56.6 Å². The van der Waals surface area contributed by atoms with E-state index in [9.17, 15) is 4.79 Å². The van der Waals surface area contributed by atoms with Crippen LogP contribution in [0, 0.1) is 0 Å². The van der Waals surface area contributed by atoms with Gasteiger partial charge in [0.2, 0.25) is 0 Å². The molecule has 1 fully saturated rings. The van der Waals surface area contributed by atoms with Gasteiger partial charge in [0.25, 0.3) is 5.91 Å². The molecule has 0 bridgehead atoms. The third-order valence-corrected chi connectivity index (χ3v) is 5.46. The van der Waals surface area contributed by atoms with Crippen molar-refractivity contribution in [1.82, 2.24) is 10.2 Å². The Morgan fingerprint density at radius 2 is 1.68 bits per heavy atom. The van der Waals surface area contributed by atoms with E-state index in [1.807, 2.05) is 48.5 Å². The van der Waals surface area contributed by atoms with Gasteiger partial charge in [-0.3, -0.25) is 9.69 Å². The Hall–Kier alpha value is -1.88. The molecule has 0 unspecified atom stereocenters. The summed E-state index contributed by atoms with van der Waals surface area (Å²) in [5.74, 6) is -0.0484. The van der Waals surface area contributed by atoms with Crippen molar-refractivity contribution in [3.63, 3.8) is 0 Å². The Kier molecular flexibility index (Phi) is 6.76. The summed E-state index contributed by atoms with van der Waals surface area (Å²) in [7, 11) is 0. The van der Waals surface area contributed by atoms with Crippen molar-refractivity contribution in [3.05, 3.63) is 70.2 Å². The molecule has 1 aliphatic rings. The van der Waals surface area contributed by atoms with E-state index >= 15 is 0 Å². The van der Waals surface area contributed by atoms with E-state index in [4.69, 9.17) is 16.3 Å². The maximum atomic E-state index is 12.7. The van der Waals surface area contributed by atoms with Crippen molar-refractivity contribution < 1.29 is 9.53 Å². The lowest BCUT2D eigenvalue weighted by molar-refractivity contribution is 0.0162. The van der Waals surface area contributed by atoms with Crippen molar-refractivity contribution in [2.75, 3.05) is 32.8 Å². The zero-order valence-electron chi connectivity index (χ0n) is 16.9. The summed E-state index contributed by atoms with van der Waals surface area (Å²) in [6, 6.07) is 15.8. The molecule has 0 saturated carbocycles. The molecule has 4 nitrogen and oxygen atoms in total. The van der Waals surface area contributed by atoms with E-state index in [2.05, 4.69) is 31.0 Å². The number of carbonyl (C=O) groups excluding carboxylic acids is 1. The normalized spacial score (nSPS) is 16.6. The lowest BCUT2D eigenvalue weighted by Crippen LogP contribution is -2.43. The quantitative estimate of drug-likeness (QED) is 0.806. The summed E-state index contributed by atoms with van der Waals surface area (Å²) in [6.07, 6.45) is 0. The molecule has 1 N–H and O–H groups in total. The number of carbonyl (C=O) groups is 1. The van der Waals surface area contributed by atoms with Crippen LogP contribution in [0.2, 0.25) is 5.02 Å². The first-order chi connectivity index (χ1) is 13.3. The van der Waals surface area contributed by atoms with Crippen LogP contribution in [-0.2, 0) is 10.2 Å². The van der Waals surface area contributed by atoms with Crippen LogP contribution in [0.25, 0.3) is 0 Å². The first-order valence-electron chi connectivity index (χ1n) is 9.80. The van der Waals surface area contributed by atoms with Gasteiger partial charge in [0.15, 0.2) is 0 Å². The number of benzene rings is 2. The Labute approximate surface area is 172 Å². The molecule has 3 rings (SSSR count). The molecule has 1 aliphatic heterocycles. The minimum absolute atomic E-state index is 0.0484. The monoisotopic (exact) mass is 400 g/mol. The zero-order valence-corrected chi connectivity index (χ0v) is 17.6. The largest absolute Gasteiger partial charge is 0.379 e. The van der Waals surface area contributed by atoms with Crippen molar-refractivity contribution >= 4 is 17.5 Å². The van der Waals surface area contributed by atoms with Gasteiger partial charge in [-0.25, -0.2) is 0 Å². The number of hydrogen-bond acceptors (Lipinski definition) is 3. The highest BCUT2D eigenvalue weighted by Crippen LogP contribution is 2.24. The first kappa shape index (κ1) is 20.8. The van der Waals surface area contributed by atoms with Crippen LogP contribution in [0.3, 0.4) is 0 Å². The number of amides is 1. The van der Waals surface area contributed by atoms with Crippen LogP contribution >= 0.6 is 11.6 Å². The van der Waals surface area contributed by atoms with Gasteiger partial charge in [-0.15, -0.1) is 0 Å². The molecule has 0 aromatic heterocycles. The average molecular weight is 401 g/mol. The molecule has 5 heteroatoms. The SMILES string of the molecule is CC(C)(C)c1ccc(C(=O)NC[C@H](c2ccc(Cl)cc2)N2CCOCC2)cc1. The number of nitrogens with zero attached hydrogens (tertiary/aromatic N) is 1. The molecule has 0 radical (unpaired) electrons. The van der Waals surface area contributed by atoms with Gasteiger partial charge in [0.1, 0.15) is 0 Å². The fourth-order valence-electron chi connectivity index (χ4n) is 3.44. The van der Waals surface area contributed by atoms with Crippen molar-refractivity contribution in [2.24, 2.45) is 0 Å². The number of hydrogen-bond donors (Lipinski definition) is 1. The summed E-state index contributed by atoms with van der Waals surface area (Å²) >= 11 is 6.05. The molecule has 1 amide bonds. The second-order valence-electron chi connectivity index (χ2n) is 8.25. The molecule has 1 heterocycles. The van der Waals surface area contributed by atoms with E-state index in [1.54, 1.807) is 0 Å². The van der Waals surface area contributed by atoms with E-state index in [-0.39, 0.29) is 17.4 Å². The van der Waals surface area contributed by atoms with Crippen LogP contribution in [0.5, 0.6) is 0 Å². The molecule has 2 aromatic carbocycles. The average Bonchev–Trinajstić information content (AvgIpc) is 2.69. The van der Waals surface area contributed by atoms with E-state index < -0.39 is 0 Å². The number of halogens is 1. The molecule has 0 spiro atoms. The van der Waals surface area contributed by atoms with Crippen molar-refractivity contribution in [3.8, 4) is 0 Å². The van der Waals surface area contributed by atoms with Gasteiger partial charge in [0, 0.05) is 30.2 Å². The van der Waals surface area contributed by atoms with Crippen LogP contribution in [-0.4, -0.2) is 43.7 Å². The van der Waals surface area contributed by atoms with Gasteiger partial charge in [0.05, 0.1) is 19.3 Å². The number of morpholine rings is 1. The minimum Gasteiger partial charge on any atom is -0.379 e. The van der Waals surface area contributed by atoms with Crippen molar-refractivity contribution in [2.45, 2.75) is 32.2 Å². The standard InChI is InChI=1S/C23H29ClN2O2/c1-23(2,3)19-8-4-18(5-9-19)22(27)25-16-21(26-12-14-28-15-13-26)17-6-10-20(24)11-7-17/h4-11,21H,12-16H2,1-3H3,(H,25,27)/t21-/m1/s1. The predicted molar refractivity (Wildman–Crippen MR) is 114 cm³/mol. The number of rotatable bonds is 5. The zero-order chi connectivity index (χ0) is 20.1. The van der Waals surface area contributed by atoms with Gasteiger partial charge >= 0.3 is 0 Å². The lowest BCUT2D eigenvalue weighted by Gasteiger charge is -2.35. The number of nitrogens with one attached hydrogen (secondary N) is 1. The van der Waals surface area contributed by atoms with Crippen LogP contribution < -0.4 is 5.32 Å². The molecule has 1 atom stereocenters. The van der Waals surface area contributed by atoms with E-state index in [1.165, 1.54) is 5.56 Å². The Morgan fingerprint density at radius 3 is 2.25 bits per heavy atom. The topological polar surface area (TPSA) is 41.6 Å². The van der Waals surface area contributed by atoms with Gasteiger partial charge in [-0.05, 0) is 40.8 Å². The molecule has 28 heavy (non-hydrogen) atoms. The predicted octanol–water partition coefficient (Wildman–Crippen LogP) is 4.44. The molecular weight excluding hydrogens is 372 g/mol. The van der Waals surface area contributed by atoms with E-state index in [0.717, 1.165) is 18.7 Å². The Bertz CT molecular complexity index is 776. The Morgan fingerprint density at radius 1 is 1.07 bits per heavy atom. The fourth-order valence-corrected chi connectivity index (χ4v) is 3.57. The summed E-state index contributed by atoms with van der Waals surface area (Å²) < 4.78 is 5.49. The maximum absolute atomic E-state index is 12.7. The summed E-state index contributed by atoms with van der Waals surface area (Å²) in [5, 5.41) is 3.83. The third kappa shape index (κ3) is 5.34. The number of ether oxygens (including phenoxy) is 1. The second kappa shape index (κ2) is 9.08. The van der Waals surface area contributed by atoms with Gasteiger partial charge < -0.3 is 10.1 Å². The second-order valence-corrected chi connectivity index (χ2v) is 8.69. The lowest BCUT2D eigenvalue weighted by atomic mass is 9.87. The molecule has 1 saturated heterocycles. The third-order valence-electron chi connectivity index (χ3n) is 5.21. The summed E-state index contributed by atoms with van der Waals surface area (Å²) in [5.41, 5.74) is 3.13.